The maximum atomic E-state index is 12.1. The highest BCUT2D eigenvalue weighted by Gasteiger charge is 2.21. The Balaban J connectivity index is 1.43. The normalized spacial score (nSPS) is 12.2. The molecule has 0 fully saturated rings. The van der Waals surface area contributed by atoms with Crippen LogP contribution in [0.4, 0.5) is 11.6 Å². The minimum absolute atomic E-state index is 0.303. The van der Waals surface area contributed by atoms with Crippen molar-refractivity contribution >= 4 is 23.6 Å². The molecular formula is C35H47N3O8. The minimum atomic E-state index is -0.966. The smallest absolute Gasteiger partial charge is 0.335 e. The second-order valence-corrected chi connectivity index (χ2v) is 10.6. The number of aliphatic carboxylic acids is 1. The highest BCUT2D eigenvalue weighted by Crippen LogP contribution is 2.19. The van der Waals surface area contributed by atoms with Crippen LogP contribution in [-0.4, -0.2) is 94.5 Å². The highest BCUT2D eigenvalue weighted by atomic mass is 16.6. The Morgan fingerprint density at radius 1 is 0.696 bits per heavy atom. The molecule has 0 aliphatic heterocycles. The maximum Gasteiger partial charge on any atom is 0.335 e. The van der Waals surface area contributed by atoms with Gasteiger partial charge in [0.15, 0.2) is 12.2 Å². The van der Waals surface area contributed by atoms with E-state index in [-0.39, 0.29) is 5.97 Å². The fraction of sp³-hybridized carbons (Fsp3) is 0.457. The minimum Gasteiger partial charge on any atom is -0.492 e. The van der Waals surface area contributed by atoms with Crippen LogP contribution in [0.15, 0.2) is 66.7 Å². The van der Waals surface area contributed by atoms with E-state index in [4.69, 9.17) is 28.7 Å². The fourth-order valence-electron chi connectivity index (χ4n) is 4.60. The molecule has 2 atom stereocenters. The lowest BCUT2D eigenvalue weighted by Crippen LogP contribution is -2.29. The van der Waals surface area contributed by atoms with Crippen molar-refractivity contribution in [1.82, 2.24) is 4.98 Å². The molecule has 11 nitrogen and oxygen atoms in total. The van der Waals surface area contributed by atoms with Crippen molar-refractivity contribution in [2.75, 3.05) is 70.0 Å². The third-order valence-electron chi connectivity index (χ3n) is 7.14. The number of hydrogen-bond acceptors (Lipinski definition) is 10. The summed E-state index contributed by atoms with van der Waals surface area (Å²) in [7, 11) is 3.94. The number of pyridine rings is 1. The summed E-state index contributed by atoms with van der Waals surface area (Å²) in [4.78, 5) is 32.4. The highest BCUT2D eigenvalue weighted by molar-refractivity contribution is 5.75. The predicted molar refractivity (Wildman–Crippen MR) is 177 cm³/mol. The largest absolute Gasteiger partial charge is 0.492 e. The van der Waals surface area contributed by atoms with Gasteiger partial charge < -0.3 is 38.6 Å². The number of anilines is 2. The average molecular weight is 638 g/mol. The number of ether oxygens (including phenoxy) is 5. The summed E-state index contributed by atoms with van der Waals surface area (Å²) in [6.45, 7) is 8.71. The van der Waals surface area contributed by atoms with Gasteiger partial charge in [0.1, 0.15) is 36.3 Å². The Morgan fingerprint density at radius 3 is 1.59 bits per heavy atom. The van der Waals surface area contributed by atoms with Gasteiger partial charge in [0.2, 0.25) is 0 Å². The lowest BCUT2D eigenvalue weighted by molar-refractivity contribution is -0.156. The predicted octanol–water partition coefficient (Wildman–Crippen LogP) is 4.65. The summed E-state index contributed by atoms with van der Waals surface area (Å²) < 4.78 is 27.9. The first-order valence-electron chi connectivity index (χ1n) is 15.7. The molecule has 0 saturated heterocycles. The van der Waals surface area contributed by atoms with E-state index in [1.807, 2.05) is 97.5 Å². The number of carboxylic acid groups (broad SMARTS) is 1. The maximum absolute atomic E-state index is 12.1. The molecule has 2 aromatic carbocycles. The molecule has 0 spiro atoms. The number of hydrogen-bond donors (Lipinski definition) is 1. The van der Waals surface area contributed by atoms with Crippen molar-refractivity contribution < 1.29 is 38.4 Å². The monoisotopic (exact) mass is 637 g/mol. The SMILES string of the molecule is CCOC(=O)C(Cc1ccc(OCCN(C)c2cccc(N(C)CCOc3ccc(C[C@H](OCC)C(=O)O)cc3)n2)cc1)OCC. The molecule has 0 radical (unpaired) electrons. The van der Waals surface area contributed by atoms with E-state index in [1.165, 1.54) is 0 Å². The van der Waals surface area contributed by atoms with E-state index in [0.717, 1.165) is 28.5 Å². The zero-order chi connectivity index (χ0) is 33.3. The molecule has 1 aromatic heterocycles. The van der Waals surface area contributed by atoms with Crippen LogP contribution in [0.2, 0.25) is 0 Å². The van der Waals surface area contributed by atoms with Crippen LogP contribution in [-0.2, 0) is 36.6 Å². The fourth-order valence-corrected chi connectivity index (χ4v) is 4.60. The van der Waals surface area contributed by atoms with Crippen molar-refractivity contribution in [2.24, 2.45) is 0 Å². The second-order valence-electron chi connectivity index (χ2n) is 10.6. The summed E-state index contributed by atoms with van der Waals surface area (Å²) in [5.74, 6) is 1.79. The Labute approximate surface area is 272 Å². The summed E-state index contributed by atoms with van der Waals surface area (Å²) in [6.07, 6.45) is -0.733. The molecule has 250 valence electrons. The third kappa shape index (κ3) is 11.9. The molecule has 0 amide bonds. The van der Waals surface area contributed by atoms with Crippen molar-refractivity contribution in [2.45, 2.75) is 45.8 Å². The first-order chi connectivity index (χ1) is 22.2. The molecule has 11 heteroatoms. The number of carboxylic acids is 1. The lowest BCUT2D eigenvalue weighted by atomic mass is 10.1. The van der Waals surface area contributed by atoms with Gasteiger partial charge in [-0.15, -0.1) is 0 Å². The molecule has 3 rings (SSSR count). The quantitative estimate of drug-likeness (QED) is 0.164. The van der Waals surface area contributed by atoms with Crippen molar-refractivity contribution in [3.8, 4) is 11.5 Å². The molecule has 3 aromatic rings. The second kappa shape index (κ2) is 19.2. The molecule has 0 aliphatic rings. The van der Waals surface area contributed by atoms with Gasteiger partial charge in [-0.1, -0.05) is 30.3 Å². The van der Waals surface area contributed by atoms with Crippen LogP contribution < -0.4 is 19.3 Å². The van der Waals surface area contributed by atoms with E-state index < -0.39 is 18.2 Å². The van der Waals surface area contributed by atoms with Gasteiger partial charge >= 0.3 is 11.9 Å². The van der Waals surface area contributed by atoms with E-state index >= 15 is 0 Å². The molecule has 1 N–H and O–H groups in total. The van der Waals surface area contributed by atoms with Gasteiger partial charge in [-0.2, -0.15) is 0 Å². The van der Waals surface area contributed by atoms with E-state index in [2.05, 4.69) is 0 Å². The average Bonchev–Trinajstić information content (AvgIpc) is 3.06. The number of esters is 1. The van der Waals surface area contributed by atoms with Gasteiger partial charge in [0, 0.05) is 40.2 Å². The van der Waals surface area contributed by atoms with Crippen molar-refractivity contribution in [3.63, 3.8) is 0 Å². The molecule has 0 bridgehead atoms. The molecule has 0 aliphatic carbocycles. The van der Waals surface area contributed by atoms with Gasteiger partial charge in [0.25, 0.3) is 0 Å². The van der Waals surface area contributed by atoms with Gasteiger partial charge in [-0.25, -0.2) is 14.6 Å². The van der Waals surface area contributed by atoms with E-state index in [9.17, 15) is 14.7 Å². The Hall–Kier alpha value is -4.35. The molecule has 1 unspecified atom stereocenters. The lowest BCUT2D eigenvalue weighted by Gasteiger charge is -2.22. The molecule has 46 heavy (non-hydrogen) atoms. The Morgan fingerprint density at radius 2 is 1.15 bits per heavy atom. The summed E-state index contributed by atoms with van der Waals surface area (Å²) >= 11 is 0. The van der Waals surface area contributed by atoms with Crippen LogP contribution in [0.5, 0.6) is 11.5 Å². The van der Waals surface area contributed by atoms with Crippen LogP contribution in [0.3, 0.4) is 0 Å². The van der Waals surface area contributed by atoms with Crippen LogP contribution in [0.1, 0.15) is 31.9 Å². The Bertz CT molecular complexity index is 1340. The van der Waals surface area contributed by atoms with Gasteiger partial charge in [0.05, 0.1) is 19.7 Å². The number of carbonyl (C=O) groups is 2. The summed E-state index contributed by atoms with van der Waals surface area (Å²) in [6, 6.07) is 21.0. The third-order valence-corrected chi connectivity index (χ3v) is 7.14. The van der Waals surface area contributed by atoms with Gasteiger partial charge in [-0.05, 0) is 68.3 Å². The van der Waals surface area contributed by atoms with Crippen molar-refractivity contribution in [1.29, 1.82) is 0 Å². The number of likely N-dealkylation sites (N-methyl/N-ethyl adjacent to an activating group) is 2. The van der Waals surface area contributed by atoms with Crippen LogP contribution >= 0.6 is 0 Å². The molecule has 0 saturated carbocycles. The standard InChI is InChI=1S/C35H47N3O8/c1-6-42-30(34(39)40)24-26-12-16-28(17-13-26)45-22-20-37(4)32-10-9-11-33(36-32)38(5)21-23-46-29-18-14-27(15-19-29)25-31(43-7-2)35(41)44-8-3/h9-19,30-31H,6-8,20-25H2,1-5H3,(H,39,40)/t30-,31?/m0/s1. The number of rotatable bonds is 21. The van der Waals surface area contributed by atoms with Gasteiger partial charge in [-0.3, -0.25) is 0 Å². The van der Waals surface area contributed by atoms with Crippen molar-refractivity contribution in [3.05, 3.63) is 77.9 Å². The van der Waals surface area contributed by atoms with Crippen LogP contribution in [0.25, 0.3) is 0 Å². The summed E-state index contributed by atoms with van der Waals surface area (Å²) in [5, 5.41) is 9.29. The summed E-state index contributed by atoms with van der Waals surface area (Å²) in [5.41, 5.74) is 1.84. The zero-order valence-electron chi connectivity index (χ0n) is 27.5. The number of aromatic nitrogens is 1. The first kappa shape index (κ1) is 36.1. The number of benzene rings is 2. The number of carbonyl (C=O) groups excluding carboxylic acids is 1. The first-order valence-corrected chi connectivity index (χ1v) is 15.7. The van der Waals surface area contributed by atoms with Crippen LogP contribution in [0, 0.1) is 0 Å². The molecule has 1 heterocycles. The van der Waals surface area contributed by atoms with E-state index in [0.29, 0.717) is 64.7 Å². The number of nitrogens with zero attached hydrogens (tertiary/aromatic N) is 3. The topological polar surface area (TPSA) is 120 Å². The Kier molecular flexibility index (Phi) is 15.1. The molecular weight excluding hydrogens is 590 g/mol. The zero-order valence-corrected chi connectivity index (χ0v) is 27.5. The van der Waals surface area contributed by atoms with E-state index in [1.54, 1.807) is 13.8 Å².